The molecule has 0 aliphatic heterocycles. The van der Waals surface area contributed by atoms with Crippen molar-refractivity contribution >= 4 is 11.4 Å². The first-order valence-electron chi connectivity index (χ1n) is 10.2. The van der Waals surface area contributed by atoms with Gasteiger partial charge in [-0.05, 0) is 80.3 Å². The molecule has 0 radical (unpaired) electrons. The number of aliphatic imine (C=N–C) groups is 1. The zero-order valence-electron chi connectivity index (χ0n) is 17.5. The third-order valence-electron chi connectivity index (χ3n) is 5.54. The summed E-state index contributed by atoms with van der Waals surface area (Å²) in [6.45, 7) is 8.76. The molecule has 2 unspecified atom stereocenters. The summed E-state index contributed by atoms with van der Waals surface area (Å²) < 4.78 is 26.4. The maximum atomic E-state index is 13.2. The van der Waals surface area contributed by atoms with Gasteiger partial charge in [0.2, 0.25) is 5.92 Å². The molecule has 0 N–H and O–H groups in total. The van der Waals surface area contributed by atoms with Gasteiger partial charge in [0.25, 0.3) is 0 Å². The molecular weight excluding hydrogens is 364 g/mol. The van der Waals surface area contributed by atoms with Gasteiger partial charge in [0, 0.05) is 18.1 Å². The number of hydrogen-bond acceptors (Lipinski definition) is 1. The van der Waals surface area contributed by atoms with Crippen LogP contribution in [0.2, 0.25) is 0 Å². The van der Waals surface area contributed by atoms with Crippen molar-refractivity contribution in [3.63, 3.8) is 0 Å². The van der Waals surface area contributed by atoms with Crippen molar-refractivity contribution in [2.75, 3.05) is 0 Å². The summed E-state index contributed by atoms with van der Waals surface area (Å²) in [7, 11) is 0. The van der Waals surface area contributed by atoms with Gasteiger partial charge in [-0.2, -0.15) is 0 Å². The fraction of sp³-hybridized carbons (Fsp3) is 0.385. The molecule has 3 rings (SSSR count). The standard InChI is InChI=1S/C26H29F2N/c1-5-6-7-8-20-10-9-18(2)25(15-20)29-19(3)23-16-24(23)22-13-11-21(12-14-22)17-26(4,27)28/h6,9-15,23-24H,1,7-8,16-17H2,2-4H3. The Hall–Kier alpha value is -2.51. The monoisotopic (exact) mass is 393 g/mol. The molecule has 1 aliphatic carbocycles. The van der Waals surface area contributed by atoms with Gasteiger partial charge in [0.15, 0.2) is 0 Å². The van der Waals surface area contributed by atoms with Crippen LogP contribution in [0.3, 0.4) is 0 Å². The van der Waals surface area contributed by atoms with Crippen molar-refractivity contribution in [2.24, 2.45) is 10.9 Å². The van der Waals surface area contributed by atoms with Gasteiger partial charge in [0.05, 0.1) is 5.69 Å². The van der Waals surface area contributed by atoms with Crippen LogP contribution >= 0.6 is 0 Å². The van der Waals surface area contributed by atoms with Gasteiger partial charge in [0.1, 0.15) is 0 Å². The Bertz CT molecular complexity index is 928. The number of hydrogen-bond donors (Lipinski definition) is 0. The summed E-state index contributed by atoms with van der Waals surface area (Å²) in [6.07, 6.45) is 4.70. The van der Waals surface area contributed by atoms with E-state index in [1.54, 1.807) is 0 Å². The highest BCUT2D eigenvalue weighted by Crippen LogP contribution is 2.49. The quantitative estimate of drug-likeness (QED) is 0.328. The van der Waals surface area contributed by atoms with E-state index in [0.717, 1.165) is 37.6 Å². The van der Waals surface area contributed by atoms with Crippen LogP contribution in [0.1, 0.15) is 54.9 Å². The molecule has 0 bridgehead atoms. The number of halogens is 2. The Labute approximate surface area is 172 Å². The molecule has 0 spiro atoms. The molecule has 0 aromatic heterocycles. The van der Waals surface area contributed by atoms with Crippen molar-refractivity contribution in [3.8, 4) is 0 Å². The average molecular weight is 394 g/mol. The third kappa shape index (κ3) is 5.98. The smallest absolute Gasteiger partial charge is 0.249 e. The normalized spacial score (nSPS) is 19.0. The zero-order chi connectivity index (χ0) is 21.0. The van der Waals surface area contributed by atoms with Gasteiger partial charge in [-0.1, -0.05) is 43.0 Å². The topological polar surface area (TPSA) is 12.4 Å². The van der Waals surface area contributed by atoms with E-state index in [4.69, 9.17) is 4.99 Å². The molecule has 1 fully saturated rings. The van der Waals surface area contributed by atoms with Crippen LogP contribution in [0.25, 0.3) is 0 Å². The Kier molecular flexibility index (Phi) is 6.49. The van der Waals surface area contributed by atoms with E-state index in [9.17, 15) is 8.78 Å². The minimum Gasteiger partial charge on any atom is -0.258 e. The molecule has 1 aliphatic rings. The Morgan fingerprint density at radius 1 is 1.21 bits per heavy atom. The molecule has 1 nitrogen and oxygen atoms in total. The van der Waals surface area contributed by atoms with Crippen molar-refractivity contribution in [3.05, 3.63) is 83.1 Å². The van der Waals surface area contributed by atoms with Crippen LogP contribution in [0.15, 0.2) is 65.8 Å². The number of allylic oxidation sites excluding steroid dienone is 1. The van der Waals surface area contributed by atoms with Crippen molar-refractivity contribution in [1.29, 1.82) is 0 Å². The van der Waals surface area contributed by atoms with Gasteiger partial charge in [-0.15, -0.1) is 5.73 Å². The second-order valence-corrected chi connectivity index (χ2v) is 8.26. The lowest BCUT2D eigenvalue weighted by molar-refractivity contribution is 0.0226. The molecule has 3 heteroatoms. The second kappa shape index (κ2) is 8.88. The molecule has 1 saturated carbocycles. The minimum atomic E-state index is -2.67. The number of rotatable bonds is 8. The maximum Gasteiger partial charge on any atom is 0.249 e. The minimum absolute atomic E-state index is 0.208. The number of aryl methyl sites for hydroxylation is 2. The number of nitrogens with zero attached hydrogens (tertiary/aromatic N) is 1. The number of benzene rings is 2. The molecule has 2 aromatic carbocycles. The van der Waals surface area contributed by atoms with Gasteiger partial charge < -0.3 is 0 Å². The predicted molar refractivity (Wildman–Crippen MR) is 118 cm³/mol. The van der Waals surface area contributed by atoms with Crippen LogP contribution in [0.5, 0.6) is 0 Å². The molecule has 152 valence electrons. The SMILES string of the molecule is C=C=CCCc1ccc(C)c(N=C(C)C2CC2c2ccc(CC(C)(F)F)cc2)c1. The lowest BCUT2D eigenvalue weighted by atomic mass is 10.0. The van der Waals surface area contributed by atoms with E-state index >= 15 is 0 Å². The lowest BCUT2D eigenvalue weighted by Crippen LogP contribution is -2.13. The average Bonchev–Trinajstić information content (AvgIpc) is 3.45. The Balaban J connectivity index is 1.67. The van der Waals surface area contributed by atoms with Gasteiger partial charge in [-0.3, -0.25) is 4.99 Å². The summed E-state index contributed by atoms with van der Waals surface area (Å²) in [4.78, 5) is 4.93. The fourth-order valence-electron chi connectivity index (χ4n) is 3.81. The first-order valence-corrected chi connectivity index (χ1v) is 10.2. The van der Waals surface area contributed by atoms with E-state index < -0.39 is 5.92 Å². The molecule has 2 atom stereocenters. The highest BCUT2D eigenvalue weighted by molar-refractivity contribution is 5.90. The van der Waals surface area contributed by atoms with Crippen LogP contribution in [0, 0.1) is 12.8 Å². The molecule has 2 aromatic rings. The molecule has 29 heavy (non-hydrogen) atoms. The summed E-state index contributed by atoms with van der Waals surface area (Å²) in [5.41, 5.74) is 9.34. The van der Waals surface area contributed by atoms with Crippen LogP contribution in [-0.2, 0) is 12.8 Å². The second-order valence-electron chi connectivity index (χ2n) is 8.26. The van der Waals surface area contributed by atoms with E-state index in [1.807, 2.05) is 30.3 Å². The van der Waals surface area contributed by atoms with Crippen LogP contribution in [0.4, 0.5) is 14.5 Å². The van der Waals surface area contributed by atoms with E-state index in [-0.39, 0.29) is 6.42 Å². The number of alkyl halides is 2. The lowest BCUT2D eigenvalue weighted by Gasteiger charge is -2.10. The predicted octanol–water partition coefficient (Wildman–Crippen LogP) is 7.36. The highest BCUT2D eigenvalue weighted by atomic mass is 19.3. The largest absolute Gasteiger partial charge is 0.258 e. The summed E-state index contributed by atoms with van der Waals surface area (Å²) in [6, 6.07) is 14.1. The van der Waals surface area contributed by atoms with Crippen molar-refractivity contribution in [2.45, 2.75) is 58.3 Å². The van der Waals surface area contributed by atoms with Crippen LogP contribution in [-0.4, -0.2) is 11.6 Å². The van der Waals surface area contributed by atoms with Crippen molar-refractivity contribution in [1.82, 2.24) is 0 Å². The molecule has 0 saturated heterocycles. The van der Waals surface area contributed by atoms with Crippen LogP contribution < -0.4 is 0 Å². The maximum absolute atomic E-state index is 13.2. The first kappa shape index (κ1) is 21.2. The highest BCUT2D eigenvalue weighted by Gasteiger charge is 2.40. The molecular formula is C26H29F2N. The zero-order valence-corrected chi connectivity index (χ0v) is 17.5. The molecule has 0 heterocycles. The van der Waals surface area contributed by atoms with Crippen molar-refractivity contribution < 1.29 is 8.78 Å². The summed E-state index contributed by atoms with van der Waals surface area (Å²) >= 11 is 0. The summed E-state index contributed by atoms with van der Waals surface area (Å²) in [5.74, 6) is -1.79. The van der Waals surface area contributed by atoms with Gasteiger partial charge in [-0.25, -0.2) is 8.78 Å². The Morgan fingerprint density at radius 2 is 1.90 bits per heavy atom. The third-order valence-corrected chi connectivity index (χ3v) is 5.54. The first-order chi connectivity index (χ1) is 13.8. The van der Waals surface area contributed by atoms with Gasteiger partial charge >= 0.3 is 0 Å². The van der Waals surface area contributed by atoms with E-state index in [1.165, 1.54) is 16.7 Å². The van der Waals surface area contributed by atoms with E-state index in [2.05, 4.69) is 44.4 Å². The fourth-order valence-corrected chi connectivity index (χ4v) is 3.81. The molecule has 0 amide bonds. The Morgan fingerprint density at radius 3 is 2.55 bits per heavy atom. The summed E-state index contributed by atoms with van der Waals surface area (Å²) in [5, 5.41) is 0. The van der Waals surface area contributed by atoms with E-state index in [0.29, 0.717) is 17.4 Å².